The van der Waals surface area contributed by atoms with Gasteiger partial charge in [-0.2, -0.15) is 0 Å². The van der Waals surface area contributed by atoms with Gasteiger partial charge in [0.25, 0.3) is 5.91 Å². The Labute approximate surface area is 132 Å². The highest BCUT2D eigenvalue weighted by Gasteiger charge is 2.34. The fourth-order valence-corrected chi connectivity index (χ4v) is 2.53. The van der Waals surface area contributed by atoms with E-state index in [0.29, 0.717) is 28.8 Å². The van der Waals surface area contributed by atoms with Crippen LogP contribution < -0.4 is 4.74 Å². The number of esters is 1. The van der Waals surface area contributed by atoms with Crippen molar-refractivity contribution in [3.8, 4) is 5.75 Å². The summed E-state index contributed by atoms with van der Waals surface area (Å²) >= 11 is 11.7. The summed E-state index contributed by atoms with van der Waals surface area (Å²) in [7, 11) is 1.31. The third-order valence-electron chi connectivity index (χ3n) is 3.30. The van der Waals surface area contributed by atoms with Crippen LogP contribution in [0.3, 0.4) is 0 Å². The molecule has 1 fully saturated rings. The standard InChI is InChI=1S/C14H15Cl2NO4/c1-20-14(19)12-3-2-6-17(12)13(18)8-21-9-4-5-10(15)11(16)7-9/h4-5,7,12H,2-3,6,8H2,1H3. The minimum absolute atomic E-state index is 0.161. The first-order chi connectivity index (χ1) is 10.0. The molecule has 1 amide bonds. The van der Waals surface area contributed by atoms with Gasteiger partial charge in [-0.3, -0.25) is 4.79 Å². The molecule has 0 radical (unpaired) electrons. The van der Waals surface area contributed by atoms with Crippen molar-refractivity contribution in [2.75, 3.05) is 20.3 Å². The quantitative estimate of drug-likeness (QED) is 0.795. The molecule has 2 rings (SSSR count). The summed E-state index contributed by atoms with van der Waals surface area (Å²) in [6.07, 6.45) is 1.39. The van der Waals surface area contributed by atoms with Crippen molar-refractivity contribution in [1.82, 2.24) is 4.90 Å². The Morgan fingerprint density at radius 3 is 2.76 bits per heavy atom. The minimum atomic E-state index is -0.514. The maximum atomic E-state index is 12.1. The molecule has 21 heavy (non-hydrogen) atoms. The van der Waals surface area contributed by atoms with Gasteiger partial charge in [0.2, 0.25) is 0 Å². The highest BCUT2D eigenvalue weighted by atomic mass is 35.5. The zero-order valence-corrected chi connectivity index (χ0v) is 13.0. The molecule has 0 bridgehead atoms. The molecule has 1 aliphatic heterocycles. The molecule has 1 heterocycles. The average molecular weight is 332 g/mol. The van der Waals surface area contributed by atoms with Crippen molar-refractivity contribution >= 4 is 35.1 Å². The normalized spacial score (nSPS) is 17.7. The molecule has 0 saturated carbocycles. The molecule has 114 valence electrons. The van der Waals surface area contributed by atoms with Crippen molar-refractivity contribution in [1.29, 1.82) is 0 Å². The lowest BCUT2D eigenvalue weighted by atomic mass is 10.2. The SMILES string of the molecule is COC(=O)C1CCCN1C(=O)COc1ccc(Cl)c(Cl)c1. The van der Waals surface area contributed by atoms with Crippen LogP contribution in [0.4, 0.5) is 0 Å². The zero-order chi connectivity index (χ0) is 15.4. The van der Waals surface area contributed by atoms with Crippen LogP contribution in [0.2, 0.25) is 10.0 Å². The Kier molecular flexibility index (Phi) is 5.31. The van der Waals surface area contributed by atoms with Crippen LogP contribution in [-0.2, 0) is 14.3 Å². The fourth-order valence-electron chi connectivity index (χ4n) is 2.24. The maximum Gasteiger partial charge on any atom is 0.328 e. The van der Waals surface area contributed by atoms with Gasteiger partial charge in [0.1, 0.15) is 11.8 Å². The van der Waals surface area contributed by atoms with Gasteiger partial charge in [-0.1, -0.05) is 23.2 Å². The number of hydrogen-bond donors (Lipinski definition) is 0. The van der Waals surface area contributed by atoms with E-state index in [1.807, 2.05) is 0 Å². The molecule has 1 aliphatic rings. The molecule has 1 unspecified atom stereocenters. The van der Waals surface area contributed by atoms with Gasteiger partial charge in [-0.15, -0.1) is 0 Å². The number of ether oxygens (including phenoxy) is 2. The van der Waals surface area contributed by atoms with E-state index in [0.717, 1.165) is 6.42 Å². The molecule has 0 N–H and O–H groups in total. The number of nitrogens with zero attached hydrogens (tertiary/aromatic N) is 1. The summed E-state index contributed by atoms with van der Waals surface area (Å²) in [5, 5.41) is 0.774. The molecule has 7 heteroatoms. The number of likely N-dealkylation sites (tertiary alicyclic amines) is 1. The second-order valence-corrected chi connectivity index (χ2v) is 5.45. The summed E-state index contributed by atoms with van der Waals surface area (Å²) in [5.41, 5.74) is 0. The van der Waals surface area contributed by atoms with Crippen LogP contribution in [0, 0.1) is 0 Å². The Hall–Kier alpha value is -1.46. The number of amides is 1. The number of carbonyl (C=O) groups excluding carboxylic acids is 2. The molecule has 0 spiro atoms. The molecule has 1 atom stereocenters. The topological polar surface area (TPSA) is 55.8 Å². The molecule has 1 aromatic carbocycles. The molecule has 5 nitrogen and oxygen atoms in total. The van der Waals surface area contributed by atoms with E-state index < -0.39 is 12.0 Å². The highest BCUT2D eigenvalue weighted by Crippen LogP contribution is 2.26. The largest absolute Gasteiger partial charge is 0.484 e. The number of benzene rings is 1. The number of methoxy groups -OCH3 is 1. The monoisotopic (exact) mass is 331 g/mol. The Morgan fingerprint density at radius 1 is 1.33 bits per heavy atom. The lowest BCUT2D eigenvalue weighted by Crippen LogP contribution is -2.43. The second-order valence-electron chi connectivity index (χ2n) is 4.63. The minimum Gasteiger partial charge on any atom is -0.484 e. The van der Waals surface area contributed by atoms with Gasteiger partial charge in [0.15, 0.2) is 6.61 Å². The van der Waals surface area contributed by atoms with Crippen molar-refractivity contribution < 1.29 is 19.1 Å². The average Bonchev–Trinajstić information content (AvgIpc) is 2.97. The van der Waals surface area contributed by atoms with E-state index in [9.17, 15) is 9.59 Å². The van der Waals surface area contributed by atoms with Gasteiger partial charge in [0, 0.05) is 12.6 Å². The first-order valence-corrected chi connectivity index (χ1v) is 7.23. The van der Waals surface area contributed by atoms with Crippen LogP contribution in [0.5, 0.6) is 5.75 Å². The summed E-state index contributed by atoms with van der Waals surface area (Å²) in [6, 6.07) is 4.25. The van der Waals surface area contributed by atoms with Gasteiger partial charge >= 0.3 is 5.97 Å². The van der Waals surface area contributed by atoms with E-state index in [2.05, 4.69) is 0 Å². The van der Waals surface area contributed by atoms with E-state index >= 15 is 0 Å². The second kappa shape index (κ2) is 7.00. The summed E-state index contributed by atoms with van der Waals surface area (Å²) < 4.78 is 10.1. The van der Waals surface area contributed by atoms with Crippen LogP contribution in [0.15, 0.2) is 18.2 Å². The Morgan fingerprint density at radius 2 is 2.10 bits per heavy atom. The Balaban J connectivity index is 1.94. The fraction of sp³-hybridized carbons (Fsp3) is 0.429. The van der Waals surface area contributed by atoms with Crippen molar-refractivity contribution in [3.63, 3.8) is 0 Å². The molecule has 0 aromatic heterocycles. The Bertz CT molecular complexity index is 550. The summed E-state index contributed by atoms with van der Waals surface area (Å²) in [5.74, 6) is -0.198. The zero-order valence-electron chi connectivity index (χ0n) is 11.5. The number of hydrogen-bond acceptors (Lipinski definition) is 4. The lowest BCUT2D eigenvalue weighted by Gasteiger charge is -2.22. The highest BCUT2D eigenvalue weighted by molar-refractivity contribution is 6.42. The van der Waals surface area contributed by atoms with Gasteiger partial charge in [-0.05, 0) is 25.0 Å². The van der Waals surface area contributed by atoms with Crippen molar-refractivity contribution in [3.05, 3.63) is 28.2 Å². The predicted octanol–water partition coefficient (Wildman–Crippen LogP) is 2.54. The van der Waals surface area contributed by atoms with Gasteiger partial charge in [-0.25, -0.2) is 4.79 Å². The number of carbonyl (C=O) groups is 2. The summed E-state index contributed by atoms with van der Waals surface area (Å²) in [6.45, 7) is 0.370. The third-order valence-corrected chi connectivity index (χ3v) is 4.04. The van der Waals surface area contributed by atoms with Crippen LogP contribution in [-0.4, -0.2) is 43.1 Å². The number of rotatable bonds is 4. The number of halogens is 2. The first-order valence-electron chi connectivity index (χ1n) is 6.48. The molecule has 1 saturated heterocycles. The van der Waals surface area contributed by atoms with Gasteiger partial charge in [0.05, 0.1) is 17.2 Å². The molecular formula is C14H15Cl2NO4. The van der Waals surface area contributed by atoms with Crippen molar-refractivity contribution in [2.24, 2.45) is 0 Å². The van der Waals surface area contributed by atoms with Crippen LogP contribution >= 0.6 is 23.2 Å². The van der Waals surface area contributed by atoms with Crippen LogP contribution in [0.25, 0.3) is 0 Å². The molecule has 0 aliphatic carbocycles. The molecule has 1 aromatic rings. The van der Waals surface area contributed by atoms with E-state index in [1.54, 1.807) is 18.2 Å². The first kappa shape index (κ1) is 15.9. The smallest absolute Gasteiger partial charge is 0.328 e. The summed E-state index contributed by atoms with van der Waals surface area (Å²) in [4.78, 5) is 25.2. The predicted molar refractivity (Wildman–Crippen MR) is 78.7 cm³/mol. The van der Waals surface area contributed by atoms with E-state index in [-0.39, 0.29) is 12.5 Å². The third kappa shape index (κ3) is 3.80. The lowest BCUT2D eigenvalue weighted by molar-refractivity contribution is -0.151. The van der Waals surface area contributed by atoms with E-state index in [4.69, 9.17) is 32.7 Å². The van der Waals surface area contributed by atoms with E-state index in [1.165, 1.54) is 12.0 Å². The van der Waals surface area contributed by atoms with Crippen molar-refractivity contribution in [2.45, 2.75) is 18.9 Å². The van der Waals surface area contributed by atoms with Crippen LogP contribution in [0.1, 0.15) is 12.8 Å². The maximum absolute atomic E-state index is 12.1. The van der Waals surface area contributed by atoms with Gasteiger partial charge < -0.3 is 14.4 Å². The molecular weight excluding hydrogens is 317 g/mol.